The first-order chi connectivity index (χ1) is 9.80. The Hall–Kier alpha value is -1.11. The first-order valence-electron chi connectivity index (χ1n) is 7.12. The average molecular weight is 313 g/mol. The summed E-state index contributed by atoms with van der Waals surface area (Å²) in [5.74, 6) is 1.10. The predicted molar refractivity (Wildman–Crippen MR) is 82.4 cm³/mol. The normalized spacial score (nSPS) is 25.7. The highest BCUT2D eigenvalue weighted by Gasteiger charge is 2.38. The number of para-hydroxylation sites is 1. The van der Waals surface area contributed by atoms with Gasteiger partial charge in [-0.05, 0) is 31.9 Å². The zero-order valence-corrected chi connectivity index (χ0v) is 13.3. The van der Waals surface area contributed by atoms with Gasteiger partial charge in [0.1, 0.15) is 18.5 Å². The number of hydrogen-bond donors (Lipinski definition) is 2. The molecule has 6 heteroatoms. The highest BCUT2D eigenvalue weighted by atomic mass is 32.2. The molecular formula is C15H23NO4S. The summed E-state index contributed by atoms with van der Waals surface area (Å²) in [6.45, 7) is 4.33. The van der Waals surface area contributed by atoms with Crippen molar-refractivity contribution in [3.8, 4) is 5.75 Å². The molecule has 1 saturated heterocycles. The number of ether oxygens (including phenoxy) is 1. The lowest BCUT2D eigenvalue weighted by Gasteiger charge is -2.25. The van der Waals surface area contributed by atoms with Crippen molar-refractivity contribution in [1.82, 2.24) is 5.32 Å². The van der Waals surface area contributed by atoms with Gasteiger partial charge in [-0.3, -0.25) is 0 Å². The van der Waals surface area contributed by atoms with E-state index in [9.17, 15) is 13.5 Å². The number of aliphatic hydroxyl groups is 1. The van der Waals surface area contributed by atoms with Crippen LogP contribution in [0.3, 0.4) is 0 Å². The zero-order chi connectivity index (χ0) is 15.5. The van der Waals surface area contributed by atoms with E-state index in [1.165, 1.54) is 0 Å². The third kappa shape index (κ3) is 4.69. The molecule has 0 spiro atoms. The molecule has 0 aromatic heterocycles. The Bertz CT molecular complexity index is 587. The number of nitrogens with one attached hydrogen (secondary N) is 1. The molecule has 1 aromatic carbocycles. The molecule has 1 heterocycles. The predicted octanol–water partition coefficient (Wildman–Crippen LogP) is 0.902. The van der Waals surface area contributed by atoms with E-state index in [-0.39, 0.29) is 18.1 Å². The standard InChI is InChI=1S/C15H23NO4S/c1-12-5-3-4-6-14(12)20-10-13(17)9-16-15(2)7-8-21(18,19)11-15/h3-6,13,16-17H,7-11H2,1-2H3. The van der Waals surface area contributed by atoms with E-state index in [0.29, 0.717) is 13.0 Å². The number of aryl methyl sites for hydroxylation is 1. The molecule has 1 aliphatic rings. The van der Waals surface area contributed by atoms with E-state index < -0.39 is 21.5 Å². The van der Waals surface area contributed by atoms with Gasteiger partial charge in [0.25, 0.3) is 0 Å². The van der Waals surface area contributed by atoms with Crippen molar-refractivity contribution in [2.45, 2.75) is 31.9 Å². The fourth-order valence-electron chi connectivity index (χ4n) is 2.48. The number of benzene rings is 1. The summed E-state index contributed by atoms with van der Waals surface area (Å²) >= 11 is 0. The van der Waals surface area contributed by atoms with Crippen LogP contribution >= 0.6 is 0 Å². The molecule has 0 amide bonds. The third-order valence-corrected chi connectivity index (χ3v) is 5.70. The first kappa shape index (κ1) is 16.3. The molecule has 118 valence electrons. The molecular weight excluding hydrogens is 290 g/mol. The van der Waals surface area contributed by atoms with Crippen LogP contribution in [0, 0.1) is 6.92 Å². The van der Waals surface area contributed by atoms with Crippen LogP contribution in [0.25, 0.3) is 0 Å². The lowest BCUT2D eigenvalue weighted by molar-refractivity contribution is 0.0990. The molecule has 2 rings (SSSR count). The number of rotatable bonds is 6. The van der Waals surface area contributed by atoms with Gasteiger partial charge < -0.3 is 15.2 Å². The van der Waals surface area contributed by atoms with Crippen molar-refractivity contribution in [1.29, 1.82) is 0 Å². The molecule has 1 aliphatic heterocycles. The SMILES string of the molecule is Cc1ccccc1OCC(O)CNC1(C)CCS(=O)(=O)C1. The van der Waals surface area contributed by atoms with Crippen LogP contribution in [-0.4, -0.2) is 49.8 Å². The topological polar surface area (TPSA) is 75.6 Å². The maximum absolute atomic E-state index is 11.5. The van der Waals surface area contributed by atoms with E-state index in [4.69, 9.17) is 4.74 Å². The van der Waals surface area contributed by atoms with E-state index in [0.717, 1.165) is 11.3 Å². The number of β-amino-alcohol motifs (C(OH)–C–C–N with tert-alkyl or cyclic N) is 1. The summed E-state index contributed by atoms with van der Waals surface area (Å²) < 4.78 is 28.6. The molecule has 0 bridgehead atoms. The van der Waals surface area contributed by atoms with Crippen LogP contribution in [0.15, 0.2) is 24.3 Å². The third-order valence-electron chi connectivity index (χ3n) is 3.79. The minimum absolute atomic E-state index is 0.130. The Morgan fingerprint density at radius 1 is 1.43 bits per heavy atom. The Morgan fingerprint density at radius 2 is 2.14 bits per heavy atom. The highest BCUT2D eigenvalue weighted by molar-refractivity contribution is 7.91. The lowest BCUT2D eigenvalue weighted by atomic mass is 10.0. The molecule has 1 aromatic rings. The summed E-state index contributed by atoms with van der Waals surface area (Å²) in [6, 6.07) is 7.63. The van der Waals surface area contributed by atoms with Gasteiger partial charge >= 0.3 is 0 Å². The van der Waals surface area contributed by atoms with E-state index >= 15 is 0 Å². The lowest BCUT2D eigenvalue weighted by Crippen LogP contribution is -2.47. The molecule has 1 fully saturated rings. The molecule has 2 atom stereocenters. The van der Waals surface area contributed by atoms with Crippen LogP contribution in [0.1, 0.15) is 18.9 Å². The van der Waals surface area contributed by atoms with Crippen LogP contribution in [-0.2, 0) is 9.84 Å². The van der Waals surface area contributed by atoms with Crippen molar-refractivity contribution in [3.63, 3.8) is 0 Å². The van der Waals surface area contributed by atoms with E-state index in [2.05, 4.69) is 5.32 Å². The second-order valence-electron chi connectivity index (χ2n) is 6.01. The Kier molecular flexibility index (Phi) is 4.91. The minimum atomic E-state index is -2.94. The first-order valence-corrected chi connectivity index (χ1v) is 8.94. The summed E-state index contributed by atoms with van der Waals surface area (Å²) in [6.07, 6.45) is -0.0921. The van der Waals surface area contributed by atoms with Gasteiger partial charge in [0.15, 0.2) is 9.84 Å². The molecule has 0 radical (unpaired) electrons. The Morgan fingerprint density at radius 3 is 2.76 bits per heavy atom. The maximum atomic E-state index is 11.5. The van der Waals surface area contributed by atoms with Crippen molar-refractivity contribution in [2.24, 2.45) is 0 Å². The quantitative estimate of drug-likeness (QED) is 0.816. The van der Waals surface area contributed by atoms with Crippen molar-refractivity contribution in [3.05, 3.63) is 29.8 Å². The van der Waals surface area contributed by atoms with Gasteiger partial charge in [0, 0.05) is 12.1 Å². The monoisotopic (exact) mass is 313 g/mol. The van der Waals surface area contributed by atoms with Gasteiger partial charge in [-0.15, -0.1) is 0 Å². The van der Waals surface area contributed by atoms with Gasteiger partial charge in [-0.1, -0.05) is 18.2 Å². The molecule has 0 aliphatic carbocycles. The second-order valence-corrected chi connectivity index (χ2v) is 8.20. The summed E-state index contributed by atoms with van der Waals surface area (Å²) in [5, 5.41) is 13.1. The molecule has 2 unspecified atom stereocenters. The fraction of sp³-hybridized carbons (Fsp3) is 0.600. The maximum Gasteiger partial charge on any atom is 0.152 e. The smallest absolute Gasteiger partial charge is 0.152 e. The zero-order valence-electron chi connectivity index (χ0n) is 12.5. The Labute approximate surface area is 126 Å². The van der Waals surface area contributed by atoms with Gasteiger partial charge in [-0.2, -0.15) is 0 Å². The van der Waals surface area contributed by atoms with Crippen LogP contribution in [0.4, 0.5) is 0 Å². The Balaban J connectivity index is 1.78. The number of sulfone groups is 1. The van der Waals surface area contributed by atoms with Gasteiger partial charge in [0.2, 0.25) is 0 Å². The van der Waals surface area contributed by atoms with Crippen molar-refractivity contribution < 1.29 is 18.3 Å². The van der Waals surface area contributed by atoms with Crippen molar-refractivity contribution in [2.75, 3.05) is 24.7 Å². The van der Waals surface area contributed by atoms with Gasteiger partial charge in [0.05, 0.1) is 11.5 Å². The van der Waals surface area contributed by atoms with E-state index in [1.807, 2.05) is 38.1 Å². The summed E-state index contributed by atoms with van der Waals surface area (Å²) in [5.41, 5.74) is 0.578. The molecule has 5 nitrogen and oxygen atoms in total. The fourth-order valence-corrected chi connectivity index (χ4v) is 4.60. The minimum Gasteiger partial charge on any atom is -0.491 e. The van der Waals surface area contributed by atoms with Gasteiger partial charge in [-0.25, -0.2) is 8.42 Å². The van der Waals surface area contributed by atoms with Crippen LogP contribution in [0.2, 0.25) is 0 Å². The summed E-state index contributed by atoms with van der Waals surface area (Å²) in [4.78, 5) is 0. The average Bonchev–Trinajstić information content (AvgIpc) is 2.70. The van der Waals surface area contributed by atoms with Crippen LogP contribution < -0.4 is 10.1 Å². The summed E-state index contributed by atoms with van der Waals surface area (Å²) in [7, 11) is -2.94. The van der Waals surface area contributed by atoms with E-state index in [1.54, 1.807) is 0 Å². The number of aliphatic hydroxyl groups excluding tert-OH is 1. The molecule has 21 heavy (non-hydrogen) atoms. The highest BCUT2D eigenvalue weighted by Crippen LogP contribution is 2.22. The second kappa shape index (κ2) is 6.34. The largest absolute Gasteiger partial charge is 0.491 e. The molecule has 0 saturated carbocycles. The van der Waals surface area contributed by atoms with Crippen molar-refractivity contribution >= 4 is 9.84 Å². The molecule has 2 N–H and O–H groups in total. The van der Waals surface area contributed by atoms with Crippen LogP contribution in [0.5, 0.6) is 5.75 Å². The number of hydrogen-bond acceptors (Lipinski definition) is 5.